The van der Waals surface area contributed by atoms with Crippen molar-refractivity contribution in [3.05, 3.63) is 58.6 Å². The van der Waals surface area contributed by atoms with Gasteiger partial charge in [-0.2, -0.15) is 5.26 Å². The van der Waals surface area contributed by atoms with Gasteiger partial charge in [0.15, 0.2) is 0 Å². The molecule has 1 unspecified atom stereocenters. The summed E-state index contributed by atoms with van der Waals surface area (Å²) in [7, 11) is 6.28. The normalized spacial score (nSPS) is 12.3. The Hall–Kier alpha value is -2.46. The Labute approximate surface area is 164 Å². The first-order chi connectivity index (χ1) is 13.0. The van der Waals surface area contributed by atoms with Gasteiger partial charge in [-0.25, -0.2) is 4.98 Å². The van der Waals surface area contributed by atoms with E-state index in [1.54, 1.807) is 11.3 Å². The maximum atomic E-state index is 9.07. The molecule has 0 bridgehead atoms. The summed E-state index contributed by atoms with van der Waals surface area (Å²) in [6.45, 7) is 1.94. The summed E-state index contributed by atoms with van der Waals surface area (Å²) >= 11 is 1.67. The maximum absolute atomic E-state index is 9.07. The smallest absolute Gasteiger partial charge is 0.111 e. The first-order valence-corrected chi connectivity index (χ1v) is 9.79. The molecule has 6 heteroatoms. The van der Waals surface area contributed by atoms with Crippen LogP contribution in [0.2, 0.25) is 0 Å². The summed E-state index contributed by atoms with van der Waals surface area (Å²) < 4.78 is 1.18. The second kappa shape index (κ2) is 8.49. The molecule has 0 fully saturated rings. The number of nitrogens with zero attached hydrogens (tertiary/aromatic N) is 4. The van der Waals surface area contributed by atoms with E-state index in [1.807, 2.05) is 30.3 Å². The lowest BCUT2D eigenvalue weighted by Crippen LogP contribution is -2.28. The molecule has 0 aliphatic carbocycles. The fourth-order valence-electron chi connectivity index (χ4n) is 2.99. The Kier molecular flexibility index (Phi) is 6.07. The summed E-state index contributed by atoms with van der Waals surface area (Å²) in [6, 6.07) is 15.8. The van der Waals surface area contributed by atoms with E-state index >= 15 is 0 Å². The van der Waals surface area contributed by atoms with Gasteiger partial charge in [0.2, 0.25) is 0 Å². The Morgan fingerprint density at radius 3 is 2.67 bits per heavy atom. The van der Waals surface area contributed by atoms with Gasteiger partial charge in [-0.15, -0.1) is 11.3 Å². The van der Waals surface area contributed by atoms with Gasteiger partial charge in [-0.3, -0.25) is 0 Å². The van der Waals surface area contributed by atoms with Gasteiger partial charge < -0.3 is 15.5 Å². The van der Waals surface area contributed by atoms with Crippen LogP contribution >= 0.6 is 11.3 Å². The van der Waals surface area contributed by atoms with Crippen molar-refractivity contribution in [1.82, 2.24) is 9.88 Å². The average molecular weight is 380 g/mol. The number of nitriles is 1. The van der Waals surface area contributed by atoms with E-state index in [0.29, 0.717) is 12.0 Å². The van der Waals surface area contributed by atoms with Crippen molar-refractivity contribution >= 4 is 27.2 Å². The number of anilines is 1. The van der Waals surface area contributed by atoms with Gasteiger partial charge in [0.25, 0.3) is 0 Å². The molecule has 3 aromatic rings. The van der Waals surface area contributed by atoms with Crippen molar-refractivity contribution in [3.63, 3.8) is 0 Å². The Balaban J connectivity index is 1.83. The van der Waals surface area contributed by atoms with Gasteiger partial charge in [-0.05, 0) is 50.3 Å². The molecule has 0 aliphatic heterocycles. The molecule has 27 heavy (non-hydrogen) atoms. The predicted molar refractivity (Wildman–Crippen MR) is 113 cm³/mol. The number of hydrogen-bond donors (Lipinski definition) is 1. The largest absolute Gasteiger partial charge is 0.372 e. The van der Waals surface area contributed by atoms with Crippen molar-refractivity contribution in [2.24, 2.45) is 5.73 Å². The molecule has 0 spiro atoms. The van der Waals surface area contributed by atoms with Crippen LogP contribution in [-0.2, 0) is 6.42 Å². The predicted octanol–water partition coefficient (Wildman–Crippen LogP) is 3.41. The van der Waals surface area contributed by atoms with E-state index < -0.39 is 0 Å². The highest BCUT2D eigenvalue weighted by atomic mass is 32.1. The molecule has 0 radical (unpaired) electrons. The average Bonchev–Trinajstić information content (AvgIpc) is 3.10. The fraction of sp³-hybridized carbons (Fsp3) is 0.333. The summed E-state index contributed by atoms with van der Waals surface area (Å²) in [5.41, 5.74) is 10.4. The van der Waals surface area contributed by atoms with E-state index in [9.17, 15) is 0 Å². The number of hydrogen-bond acceptors (Lipinski definition) is 6. The van der Waals surface area contributed by atoms with Gasteiger partial charge in [0.1, 0.15) is 5.01 Å². The monoisotopic (exact) mass is 379 g/mol. The van der Waals surface area contributed by atoms with Crippen LogP contribution in [-0.4, -0.2) is 44.1 Å². The molecule has 0 aliphatic rings. The number of rotatable bonds is 7. The van der Waals surface area contributed by atoms with E-state index in [0.717, 1.165) is 29.2 Å². The number of nitrogens with two attached hydrogens (primary N) is 1. The lowest BCUT2D eigenvalue weighted by atomic mass is 10.0. The number of thiazole rings is 1. The highest BCUT2D eigenvalue weighted by Gasteiger charge is 2.16. The van der Waals surface area contributed by atoms with E-state index in [1.165, 1.54) is 10.4 Å². The molecule has 5 nitrogen and oxygen atoms in total. The molecule has 1 atom stereocenters. The van der Waals surface area contributed by atoms with Gasteiger partial charge in [0, 0.05) is 20.1 Å². The van der Waals surface area contributed by atoms with Crippen molar-refractivity contribution in [3.8, 4) is 6.07 Å². The third-order valence-corrected chi connectivity index (χ3v) is 5.76. The highest BCUT2D eigenvalue weighted by Crippen LogP contribution is 2.34. The number of fused-ring (bicyclic) bond motifs is 1. The molecular formula is C21H25N5S. The van der Waals surface area contributed by atoms with Crippen molar-refractivity contribution in [2.75, 3.05) is 39.1 Å². The van der Waals surface area contributed by atoms with Crippen LogP contribution in [0.25, 0.3) is 10.2 Å². The SMILES string of the molecule is CN(C)CCN(C)c1cccc2nc(C(N)Cc3cccc(C#N)c3)sc12. The van der Waals surface area contributed by atoms with Crippen molar-refractivity contribution < 1.29 is 0 Å². The van der Waals surface area contributed by atoms with E-state index in [2.05, 4.69) is 49.1 Å². The molecule has 2 aromatic carbocycles. The first-order valence-electron chi connectivity index (χ1n) is 8.98. The lowest BCUT2D eigenvalue weighted by Gasteiger charge is -2.21. The van der Waals surface area contributed by atoms with Gasteiger partial charge in [0.05, 0.1) is 33.6 Å². The zero-order valence-electron chi connectivity index (χ0n) is 16.0. The zero-order valence-corrected chi connectivity index (χ0v) is 16.8. The minimum Gasteiger partial charge on any atom is -0.372 e. The van der Waals surface area contributed by atoms with Crippen molar-refractivity contribution in [2.45, 2.75) is 12.5 Å². The Bertz CT molecular complexity index is 957. The molecule has 1 aromatic heterocycles. The van der Waals surface area contributed by atoms with Crippen LogP contribution in [0.4, 0.5) is 5.69 Å². The quantitative estimate of drug-likeness (QED) is 0.681. The highest BCUT2D eigenvalue weighted by molar-refractivity contribution is 7.19. The molecule has 0 amide bonds. The fourth-order valence-corrected chi connectivity index (χ4v) is 4.12. The number of aromatic nitrogens is 1. The lowest BCUT2D eigenvalue weighted by molar-refractivity contribution is 0.417. The summed E-state index contributed by atoms with van der Waals surface area (Å²) in [6.07, 6.45) is 0.668. The Morgan fingerprint density at radius 1 is 1.15 bits per heavy atom. The van der Waals surface area contributed by atoms with E-state index in [4.69, 9.17) is 16.0 Å². The molecule has 0 saturated heterocycles. The minimum atomic E-state index is -0.184. The summed E-state index contributed by atoms with van der Waals surface area (Å²) in [5, 5.41) is 10.0. The third-order valence-electron chi connectivity index (χ3n) is 4.53. The first kappa shape index (κ1) is 19.3. The van der Waals surface area contributed by atoms with Crippen LogP contribution in [0.15, 0.2) is 42.5 Å². The molecule has 0 saturated carbocycles. The van der Waals surface area contributed by atoms with Crippen LogP contribution < -0.4 is 10.6 Å². The van der Waals surface area contributed by atoms with Crippen LogP contribution in [0.3, 0.4) is 0 Å². The van der Waals surface area contributed by atoms with Crippen molar-refractivity contribution in [1.29, 1.82) is 5.26 Å². The van der Waals surface area contributed by atoms with Gasteiger partial charge >= 0.3 is 0 Å². The molecule has 2 N–H and O–H groups in total. The minimum absolute atomic E-state index is 0.184. The van der Waals surface area contributed by atoms with Crippen LogP contribution in [0.1, 0.15) is 22.2 Å². The molecule has 140 valence electrons. The maximum Gasteiger partial charge on any atom is 0.111 e. The number of benzene rings is 2. The van der Waals surface area contributed by atoms with Crippen LogP contribution in [0, 0.1) is 11.3 Å². The summed E-state index contributed by atoms with van der Waals surface area (Å²) in [5.74, 6) is 0. The topological polar surface area (TPSA) is 69.2 Å². The molecule has 1 heterocycles. The second-order valence-electron chi connectivity index (χ2n) is 7.03. The third kappa shape index (κ3) is 4.64. The van der Waals surface area contributed by atoms with Gasteiger partial charge in [-0.1, -0.05) is 18.2 Å². The summed E-state index contributed by atoms with van der Waals surface area (Å²) in [4.78, 5) is 9.23. The number of likely N-dealkylation sites (N-methyl/N-ethyl adjacent to an activating group) is 2. The zero-order chi connectivity index (χ0) is 19.4. The molecular weight excluding hydrogens is 354 g/mol. The standard InChI is InChI=1S/C21H25N5S/c1-25(2)10-11-26(3)19-9-5-8-18-20(19)27-21(24-18)17(23)13-15-6-4-7-16(12-15)14-22/h4-9,12,17H,10-11,13,23H2,1-3H3. The Morgan fingerprint density at radius 2 is 1.93 bits per heavy atom. The molecule has 3 rings (SSSR count). The van der Waals surface area contributed by atoms with E-state index in [-0.39, 0.29) is 6.04 Å². The second-order valence-corrected chi connectivity index (χ2v) is 8.06. The van der Waals surface area contributed by atoms with Crippen LogP contribution in [0.5, 0.6) is 0 Å².